The zero-order valence-corrected chi connectivity index (χ0v) is 27.3. The van der Waals surface area contributed by atoms with Gasteiger partial charge in [-0.25, -0.2) is 0 Å². The Bertz CT molecular complexity index is 530. The van der Waals surface area contributed by atoms with Gasteiger partial charge in [-0.2, -0.15) is 0 Å². The van der Waals surface area contributed by atoms with Crippen LogP contribution >= 0.6 is 0 Å². The lowest BCUT2D eigenvalue weighted by Gasteiger charge is -2.23. The summed E-state index contributed by atoms with van der Waals surface area (Å²) in [5.41, 5.74) is 7.70. The highest BCUT2D eigenvalue weighted by Gasteiger charge is 2.19. The average molecular weight is 569 g/mol. The SMILES string of the molecule is CCCCCCCCCCCCCCN(CCCCCCCCCCCCCC)C(=O)CNC(=O)C([NH3+])CC[NH3+]. The van der Waals surface area contributed by atoms with Crippen molar-refractivity contribution in [3.8, 4) is 0 Å². The molecule has 6 nitrogen and oxygen atoms in total. The number of quaternary nitrogens is 2. The zero-order chi connectivity index (χ0) is 29.5. The highest BCUT2D eigenvalue weighted by Crippen LogP contribution is 2.14. The molecule has 0 aliphatic rings. The van der Waals surface area contributed by atoms with Crippen molar-refractivity contribution >= 4 is 11.8 Å². The third-order valence-electron chi connectivity index (χ3n) is 8.25. The number of carbonyl (C=O) groups is 2. The molecular formula is C34H72N4O2+2. The molecule has 0 aromatic rings. The van der Waals surface area contributed by atoms with Gasteiger partial charge in [0.25, 0.3) is 5.91 Å². The Morgan fingerprint density at radius 2 is 0.900 bits per heavy atom. The number of nitrogens with one attached hydrogen (secondary N) is 1. The number of hydrogen-bond donors (Lipinski definition) is 3. The summed E-state index contributed by atoms with van der Waals surface area (Å²) in [6.07, 6.45) is 32.4. The van der Waals surface area contributed by atoms with Crippen LogP contribution in [0.25, 0.3) is 0 Å². The van der Waals surface area contributed by atoms with Crippen molar-refractivity contribution in [2.75, 3.05) is 26.2 Å². The van der Waals surface area contributed by atoms with Crippen LogP contribution < -0.4 is 16.8 Å². The highest BCUT2D eigenvalue weighted by atomic mass is 16.2. The molecule has 0 bridgehead atoms. The van der Waals surface area contributed by atoms with E-state index in [-0.39, 0.29) is 24.4 Å². The van der Waals surface area contributed by atoms with Crippen molar-refractivity contribution in [3.05, 3.63) is 0 Å². The van der Waals surface area contributed by atoms with Crippen molar-refractivity contribution < 1.29 is 21.1 Å². The summed E-state index contributed by atoms with van der Waals surface area (Å²) in [6.45, 7) is 6.96. The molecule has 0 saturated carbocycles. The molecule has 0 radical (unpaired) electrons. The van der Waals surface area contributed by atoms with E-state index in [2.05, 4.69) is 30.6 Å². The Morgan fingerprint density at radius 3 is 1.23 bits per heavy atom. The van der Waals surface area contributed by atoms with Crippen LogP contribution in [0.4, 0.5) is 0 Å². The normalized spacial score (nSPS) is 12.0. The van der Waals surface area contributed by atoms with Gasteiger partial charge in [0.1, 0.15) is 0 Å². The molecule has 0 aliphatic carbocycles. The Labute approximate surface area is 249 Å². The van der Waals surface area contributed by atoms with E-state index in [0.717, 1.165) is 25.9 Å². The predicted octanol–water partition coefficient (Wildman–Crippen LogP) is 6.58. The number of unbranched alkanes of at least 4 members (excludes halogenated alkanes) is 22. The number of rotatable bonds is 31. The molecule has 7 N–H and O–H groups in total. The summed E-state index contributed by atoms with van der Waals surface area (Å²) in [5.74, 6) is -0.0750. The van der Waals surface area contributed by atoms with E-state index in [0.29, 0.717) is 13.0 Å². The summed E-state index contributed by atoms with van der Waals surface area (Å²) in [7, 11) is 0. The van der Waals surface area contributed by atoms with Gasteiger partial charge >= 0.3 is 0 Å². The molecule has 40 heavy (non-hydrogen) atoms. The molecule has 2 amide bonds. The van der Waals surface area contributed by atoms with E-state index in [4.69, 9.17) is 0 Å². The lowest BCUT2D eigenvalue weighted by Crippen LogP contribution is -2.70. The van der Waals surface area contributed by atoms with Crippen LogP contribution in [0.3, 0.4) is 0 Å². The maximum Gasteiger partial charge on any atom is 0.278 e. The fraction of sp³-hybridized carbons (Fsp3) is 0.941. The number of hydrogen-bond acceptors (Lipinski definition) is 2. The molecule has 0 fully saturated rings. The lowest BCUT2D eigenvalue weighted by atomic mass is 10.0. The van der Waals surface area contributed by atoms with Gasteiger partial charge < -0.3 is 21.7 Å². The first-order chi connectivity index (χ1) is 19.6. The minimum atomic E-state index is -0.327. The monoisotopic (exact) mass is 569 g/mol. The van der Waals surface area contributed by atoms with Gasteiger partial charge in [-0.3, -0.25) is 9.59 Å². The van der Waals surface area contributed by atoms with Crippen molar-refractivity contribution in [3.63, 3.8) is 0 Å². The van der Waals surface area contributed by atoms with Gasteiger partial charge in [-0.1, -0.05) is 155 Å². The molecule has 1 unspecified atom stereocenters. The minimum absolute atomic E-state index is 0.0568. The molecular weight excluding hydrogens is 496 g/mol. The number of nitrogens with zero attached hydrogens (tertiary/aromatic N) is 1. The third kappa shape index (κ3) is 25.8. The van der Waals surface area contributed by atoms with Crippen LogP contribution in [0.1, 0.15) is 174 Å². The molecule has 0 aliphatic heterocycles. The second-order valence-corrected chi connectivity index (χ2v) is 12.2. The predicted molar refractivity (Wildman–Crippen MR) is 171 cm³/mol. The summed E-state index contributed by atoms with van der Waals surface area (Å²) in [6, 6.07) is -0.327. The van der Waals surface area contributed by atoms with Gasteiger partial charge in [0.15, 0.2) is 6.04 Å². The van der Waals surface area contributed by atoms with E-state index >= 15 is 0 Å². The minimum Gasteiger partial charge on any atom is -0.357 e. The van der Waals surface area contributed by atoms with Crippen molar-refractivity contribution in [1.82, 2.24) is 10.2 Å². The van der Waals surface area contributed by atoms with Crippen LogP contribution in [0.15, 0.2) is 0 Å². The second kappa shape index (κ2) is 30.8. The summed E-state index contributed by atoms with van der Waals surface area (Å²) in [5, 5.41) is 2.82. The number of amides is 2. The molecule has 0 aromatic carbocycles. The van der Waals surface area contributed by atoms with Gasteiger partial charge in [0, 0.05) is 13.1 Å². The average Bonchev–Trinajstić information content (AvgIpc) is 2.95. The van der Waals surface area contributed by atoms with Crippen LogP contribution in [-0.2, 0) is 9.59 Å². The largest absolute Gasteiger partial charge is 0.357 e. The Balaban J connectivity index is 4.16. The Hall–Kier alpha value is -1.14. The molecule has 0 rings (SSSR count). The molecule has 1 atom stereocenters. The topological polar surface area (TPSA) is 105 Å². The Morgan fingerprint density at radius 1 is 0.575 bits per heavy atom. The van der Waals surface area contributed by atoms with Crippen LogP contribution in [0, 0.1) is 0 Å². The first kappa shape index (κ1) is 38.9. The molecule has 238 valence electrons. The van der Waals surface area contributed by atoms with Crippen molar-refractivity contribution in [2.24, 2.45) is 0 Å². The van der Waals surface area contributed by atoms with Gasteiger partial charge in [-0.05, 0) is 12.8 Å². The quantitative estimate of drug-likeness (QED) is 0.0822. The summed E-state index contributed by atoms with van der Waals surface area (Å²) < 4.78 is 0. The van der Waals surface area contributed by atoms with Gasteiger partial charge in [0.2, 0.25) is 5.91 Å². The fourth-order valence-corrected chi connectivity index (χ4v) is 5.44. The summed E-state index contributed by atoms with van der Waals surface area (Å²) >= 11 is 0. The third-order valence-corrected chi connectivity index (χ3v) is 8.25. The second-order valence-electron chi connectivity index (χ2n) is 12.2. The van der Waals surface area contributed by atoms with E-state index in [1.54, 1.807) is 0 Å². The van der Waals surface area contributed by atoms with E-state index in [9.17, 15) is 9.59 Å². The summed E-state index contributed by atoms with van der Waals surface area (Å²) in [4.78, 5) is 27.2. The molecule has 0 spiro atoms. The first-order valence-corrected chi connectivity index (χ1v) is 17.7. The maximum absolute atomic E-state index is 13.0. The van der Waals surface area contributed by atoms with E-state index in [1.165, 1.54) is 141 Å². The van der Waals surface area contributed by atoms with E-state index in [1.807, 2.05) is 4.90 Å². The Kier molecular flexibility index (Phi) is 29.9. The van der Waals surface area contributed by atoms with Crippen molar-refractivity contribution in [2.45, 2.75) is 180 Å². The molecule has 0 aromatic heterocycles. The lowest BCUT2D eigenvalue weighted by molar-refractivity contribution is -0.429. The smallest absolute Gasteiger partial charge is 0.278 e. The molecule has 0 saturated heterocycles. The van der Waals surface area contributed by atoms with Gasteiger partial charge in [-0.15, -0.1) is 0 Å². The van der Waals surface area contributed by atoms with Crippen LogP contribution in [0.5, 0.6) is 0 Å². The van der Waals surface area contributed by atoms with Gasteiger partial charge in [0.05, 0.1) is 19.5 Å². The first-order valence-electron chi connectivity index (χ1n) is 17.7. The number of carbonyl (C=O) groups excluding carboxylic acids is 2. The maximum atomic E-state index is 13.0. The molecule has 0 heterocycles. The fourth-order valence-electron chi connectivity index (χ4n) is 5.44. The van der Waals surface area contributed by atoms with Crippen LogP contribution in [0.2, 0.25) is 0 Å². The standard InChI is InChI=1S/C34H70N4O2/c1-3-5-7-9-11-13-15-17-19-21-23-25-29-38(33(39)31-37-34(40)32(36)27-28-35)30-26-24-22-20-18-16-14-12-10-8-6-4-2/h32H,3-31,35-36H2,1-2H3,(H,37,40)/p+2. The molecule has 6 heteroatoms. The zero-order valence-electron chi connectivity index (χ0n) is 27.3. The van der Waals surface area contributed by atoms with Crippen LogP contribution in [-0.4, -0.2) is 48.9 Å². The van der Waals surface area contributed by atoms with Crippen molar-refractivity contribution in [1.29, 1.82) is 0 Å². The highest BCUT2D eigenvalue weighted by molar-refractivity contribution is 5.86. The van der Waals surface area contributed by atoms with E-state index < -0.39 is 0 Å².